The molecule has 0 radical (unpaired) electrons. The van der Waals surface area contributed by atoms with Gasteiger partial charge in [-0.15, -0.1) is 0 Å². The van der Waals surface area contributed by atoms with E-state index in [4.69, 9.17) is 18.9 Å². The number of hydrogen-bond donors (Lipinski definition) is 0. The van der Waals surface area contributed by atoms with Crippen LogP contribution in [0.2, 0.25) is 0 Å². The van der Waals surface area contributed by atoms with Gasteiger partial charge < -0.3 is 18.9 Å². The van der Waals surface area contributed by atoms with E-state index in [1.165, 1.54) is 0 Å². The van der Waals surface area contributed by atoms with Crippen LogP contribution < -0.4 is 14.2 Å². The second kappa shape index (κ2) is 8.76. The fraction of sp³-hybridized carbons (Fsp3) is 0.526. The normalized spacial score (nSPS) is 17.6. The van der Waals surface area contributed by atoms with Crippen molar-refractivity contribution in [2.75, 3.05) is 41.5 Å². The molecule has 0 saturated heterocycles. The second-order valence-corrected chi connectivity index (χ2v) is 6.02. The smallest absolute Gasteiger partial charge is 0.306 e. The molecular formula is C19H27NO5. The molecule has 1 atom stereocenters. The van der Waals surface area contributed by atoms with Crippen molar-refractivity contribution in [3.63, 3.8) is 0 Å². The Hall–Kier alpha value is -2.21. The third-order valence-electron chi connectivity index (χ3n) is 4.18. The van der Waals surface area contributed by atoms with Gasteiger partial charge in [-0.2, -0.15) is 0 Å². The summed E-state index contributed by atoms with van der Waals surface area (Å²) >= 11 is 0. The van der Waals surface area contributed by atoms with Crippen molar-refractivity contribution in [2.24, 2.45) is 0 Å². The molecule has 0 fully saturated rings. The number of nitrogens with zero attached hydrogens (tertiary/aromatic N) is 1. The summed E-state index contributed by atoms with van der Waals surface area (Å²) in [6.45, 7) is 3.34. The summed E-state index contributed by atoms with van der Waals surface area (Å²) < 4.78 is 22.2. The van der Waals surface area contributed by atoms with E-state index in [1.54, 1.807) is 21.3 Å². The van der Waals surface area contributed by atoms with Gasteiger partial charge in [0.1, 0.15) is 23.4 Å². The van der Waals surface area contributed by atoms with Crippen molar-refractivity contribution < 1.29 is 23.7 Å². The zero-order valence-corrected chi connectivity index (χ0v) is 15.6. The zero-order chi connectivity index (χ0) is 18.4. The largest absolute Gasteiger partial charge is 0.496 e. The van der Waals surface area contributed by atoms with E-state index >= 15 is 0 Å². The summed E-state index contributed by atoms with van der Waals surface area (Å²) in [5.74, 6) is 1.71. The third kappa shape index (κ3) is 4.45. The zero-order valence-electron chi connectivity index (χ0n) is 15.6. The molecule has 0 N–H and O–H groups in total. The number of rotatable bonds is 7. The van der Waals surface area contributed by atoms with Crippen molar-refractivity contribution >= 4 is 11.5 Å². The maximum Gasteiger partial charge on any atom is 0.306 e. The molecule has 1 aromatic carbocycles. The second-order valence-electron chi connectivity index (χ2n) is 6.02. The van der Waals surface area contributed by atoms with Crippen LogP contribution in [0.15, 0.2) is 18.2 Å². The van der Waals surface area contributed by atoms with Crippen molar-refractivity contribution in [3.8, 4) is 17.2 Å². The first-order valence-electron chi connectivity index (χ1n) is 8.42. The monoisotopic (exact) mass is 349 g/mol. The minimum atomic E-state index is -0.367. The molecule has 0 spiro atoms. The summed E-state index contributed by atoms with van der Waals surface area (Å²) in [6.07, 6.45) is 2.86. The van der Waals surface area contributed by atoms with Crippen LogP contribution in [0.25, 0.3) is 5.57 Å². The number of ether oxygens (including phenoxy) is 4. The molecule has 138 valence electrons. The van der Waals surface area contributed by atoms with Crippen molar-refractivity contribution in [2.45, 2.75) is 25.9 Å². The Morgan fingerprint density at radius 1 is 1.16 bits per heavy atom. The van der Waals surface area contributed by atoms with Gasteiger partial charge in [-0.25, -0.2) is 0 Å². The molecule has 0 aliphatic carbocycles. The van der Waals surface area contributed by atoms with E-state index in [1.807, 2.05) is 26.1 Å². The van der Waals surface area contributed by atoms with Crippen molar-refractivity contribution in [3.05, 3.63) is 23.8 Å². The predicted molar refractivity (Wildman–Crippen MR) is 96.4 cm³/mol. The van der Waals surface area contributed by atoms with E-state index in [0.717, 1.165) is 24.1 Å². The number of methoxy groups -OCH3 is 3. The summed E-state index contributed by atoms with van der Waals surface area (Å²) in [5, 5.41) is 0. The Balaban J connectivity index is 2.47. The van der Waals surface area contributed by atoms with E-state index in [-0.39, 0.29) is 12.1 Å². The Bertz CT molecular complexity index is 616. The number of likely N-dealkylation sites (N-methyl/N-ethyl adjacent to an activating group) is 1. The summed E-state index contributed by atoms with van der Waals surface area (Å²) in [6, 6.07) is 3.61. The fourth-order valence-electron chi connectivity index (χ4n) is 2.92. The quantitative estimate of drug-likeness (QED) is 0.706. The summed E-state index contributed by atoms with van der Waals surface area (Å²) in [5.41, 5.74) is 1.70. The molecule has 6 nitrogen and oxygen atoms in total. The highest BCUT2D eigenvalue weighted by Gasteiger charge is 2.30. The van der Waals surface area contributed by atoms with Gasteiger partial charge in [0.2, 0.25) is 0 Å². The minimum absolute atomic E-state index is 0.194. The highest BCUT2D eigenvalue weighted by atomic mass is 16.5. The number of carbonyl (C=O) groups is 1. The van der Waals surface area contributed by atoms with E-state index < -0.39 is 0 Å². The first-order valence-corrected chi connectivity index (χ1v) is 8.42. The SMILES string of the molecule is CCCC(=O)O[C@H]1CN(C)CC=C1c1c(OC)cc(OC)cc1OC. The average molecular weight is 349 g/mol. The maximum atomic E-state index is 12.1. The van der Waals surface area contributed by atoms with Crippen LogP contribution in [0.5, 0.6) is 17.2 Å². The maximum absolute atomic E-state index is 12.1. The summed E-state index contributed by atoms with van der Waals surface area (Å²) in [7, 11) is 6.80. The molecular weight excluding hydrogens is 322 g/mol. The molecule has 0 bridgehead atoms. The van der Waals surface area contributed by atoms with Crippen LogP contribution in [0.3, 0.4) is 0 Å². The van der Waals surface area contributed by atoms with Crippen molar-refractivity contribution in [1.82, 2.24) is 4.90 Å². The van der Waals surface area contributed by atoms with Gasteiger partial charge in [0.25, 0.3) is 0 Å². The lowest BCUT2D eigenvalue weighted by Gasteiger charge is -2.31. The number of carbonyl (C=O) groups excluding carboxylic acids is 1. The molecule has 0 unspecified atom stereocenters. The Morgan fingerprint density at radius 3 is 2.32 bits per heavy atom. The molecule has 1 heterocycles. The lowest BCUT2D eigenvalue weighted by Crippen LogP contribution is -2.37. The molecule has 1 aliphatic heterocycles. The van der Waals surface area contributed by atoms with Crippen LogP contribution >= 0.6 is 0 Å². The average Bonchev–Trinajstić information content (AvgIpc) is 2.61. The first kappa shape index (κ1) is 19.1. The Labute approximate surface area is 149 Å². The van der Waals surface area contributed by atoms with Gasteiger partial charge in [0, 0.05) is 37.2 Å². The van der Waals surface area contributed by atoms with Gasteiger partial charge in [0.05, 0.1) is 26.9 Å². The van der Waals surface area contributed by atoms with Crippen molar-refractivity contribution in [1.29, 1.82) is 0 Å². The first-order chi connectivity index (χ1) is 12.0. The van der Waals surface area contributed by atoms with Gasteiger partial charge in [0.15, 0.2) is 0 Å². The van der Waals surface area contributed by atoms with Gasteiger partial charge in [-0.05, 0) is 13.5 Å². The van der Waals surface area contributed by atoms with E-state index in [2.05, 4.69) is 11.0 Å². The van der Waals surface area contributed by atoms with Gasteiger partial charge in [-0.3, -0.25) is 9.69 Å². The highest BCUT2D eigenvalue weighted by Crippen LogP contribution is 2.41. The lowest BCUT2D eigenvalue weighted by atomic mass is 9.94. The topological polar surface area (TPSA) is 57.2 Å². The highest BCUT2D eigenvalue weighted by molar-refractivity contribution is 5.81. The summed E-state index contributed by atoms with van der Waals surface area (Å²) in [4.78, 5) is 14.2. The van der Waals surface area contributed by atoms with E-state index in [0.29, 0.717) is 30.2 Å². The van der Waals surface area contributed by atoms with Crippen LogP contribution in [0.1, 0.15) is 25.3 Å². The molecule has 0 aromatic heterocycles. The predicted octanol–water partition coefficient (Wildman–Crippen LogP) is 2.75. The molecule has 1 aliphatic rings. The third-order valence-corrected chi connectivity index (χ3v) is 4.18. The van der Waals surface area contributed by atoms with E-state index in [9.17, 15) is 4.79 Å². The standard InChI is InChI=1S/C19H27NO5/c1-6-7-18(21)25-17-12-20(2)9-8-14(17)19-15(23-4)10-13(22-3)11-16(19)24-5/h8,10-11,17H,6-7,9,12H2,1-5H3/t17-/m0/s1. The molecule has 2 rings (SSSR count). The fourth-order valence-corrected chi connectivity index (χ4v) is 2.92. The molecule has 6 heteroatoms. The van der Waals surface area contributed by atoms with Gasteiger partial charge >= 0.3 is 5.97 Å². The van der Waals surface area contributed by atoms with Crippen LogP contribution in [0.4, 0.5) is 0 Å². The molecule has 25 heavy (non-hydrogen) atoms. The Kier molecular flexibility index (Phi) is 6.70. The number of hydrogen-bond acceptors (Lipinski definition) is 6. The molecule has 1 aromatic rings. The van der Waals surface area contributed by atoms with Crippen LogP contribution in [-0.4, -0.2) is 58.4 Å². The number of benzene rings is 1. The molecule has 0 amide bonds. The van der Waals surface area contributed by atoms with Crippen LogP contribution in [-0.2, 0) is 9.53 Å². The van der Waals surface area contributed by atoms with Crippen LogP contribution in [0, 0.1) is 0 Å². The van der Waals surface area contributed by atoms with Gasteiger partial charge in [-0.1, -0.05) is 13.0 Å². The lowest BCUT2D eigenvalue weighted by molar-refractivity contribution is -0.147. The Morgan fingerprint density at radius 2 is 1.80 bits per heavy atom. The molecule has 0 saturated carbocycles. The minimum Gasteiger partial charge on any atom is -0.496 e. The number of esters is 1.